The van der Waals surface area contributed by atoms with Crippen LogP contribution in [0.5, 0.6) is 5.75 Å². The first-order chi connectivity index (χ1) is 9.49. The minimum atomic E-state index is -1.06. The fourth-order valence-corrected chi connectivity index (χ4v) is 2.20. The SMILES string of the molecule is Cn1nc(-c2ccc(F)c(O)c2F)c2cnc(Cl)cc21. The molecule has 2 aromatic heterocycles. The van der Waals surface area contributed by atoms with E-state index in [4.69, 9.17) is 11.6 Å². The number of benzene rings is 1. The van der Waals surface area contributed by atoms with Crippen molar-refractivity contribution in [3.8, 4) is 17.0 Å². The predicted molar refractivity (Wildman–Crippen MR) is 70.5 cm³/mol. The van der Waals surface area contributed by atoms with Crippen molar-refractivity contribution in [1.29, 1.82) is 0 Å². The average molecular weight is 296 g/mol. The molecule has 0 radical (unpaired) electrons. The molecule has 102 valence electrons. The number of phenolic OH excluding ortho intramolecular Hbond substituents is 1. The Morgan fingerprint density at radius 2 is 2.05 bits per heavy atom. The first-order valence-corrected chi connectivity index (χ1v) is 6.02. The smallest absolute Gasteiger partial charge is 0.188 e. The lowest BCUT2D eigenvalue weighted by atomic mass is 10.1. The Morgan fingerprint density at radius 3 is 2.80 bits per heavy atom. The zero-order chi connectivity index (χ0) is 14.4. The Hall–Kier alpha value is -2.21. The van der Waals surface area contributed by atoms with E-state index in [1.54, 1.807) is 13.1 Å². The molecule has 3 aromatic rings. The van der Waals surface area contributed by atoms with Crippen LogP contribution in [-0.2, 0) is 7.05 Å². The van der Waals surface area contributed by atoms with Crippen molar-refractivity contribution in [3.05, 3.63) is 41.2 Å². The highest BCUT2D eigenvalue weighted by Gasteiger charge is 2.19. The van der Waals surface area contributed by atoms with Gasteiger partial charge in [0.15, 0.2) is 17.4 Å². The third-order valence-electron chi connectivity index (χ3n) is 3.02. The molecule has 20 heavy (non-hydrogen) atoms. The number of aryl methyl sites for hydroxylation is 1. The van der Waals surface area contributed by atoms with E-state index >= 15 is 0 Å². The lowest BCUT2D eigenvalue weighted by molar-refractivity contribution is 0.397. The van der Waals surface area contributed by atoms with Crippen LogP contribution in [0.2, 0.25) is 5.15 Å². The molecule has 0 bridgehead atoms. The summed E-state index contributed by atoms with van der Waals surface area (Å²) in [6, 6.07) is 3.80. The van der Waals surface area contributed by atoms with Crippen molar-refractivity contribution < 1.29 is 13.9 Å². The van der Waals surface area contributed by atoms with Gasteiger partial charge in [0.1, 0.15) is 10.8 Å². The normalized spacial score (nSPS) is 11.2. The monoisotopic (exact) mass is 295 g/mol. The number of hydrogen-bond acceptors (Lipinski definition) is 3. The van der Waals surface area contributed by atoms with Gasteiger partial charge in [-0.25, -0.2) is 13.8 Å². The number of nitrogens with zero attached hydrogens (tertiary/aromatic N) is 3. The molecule has 1 aromatic carbocycles. The Kier molecular flexibility index (Phi) is 2.83. The number of fused-ring (bicyclic) bond motifs is 1. The molecule has 0 unspecified atom stereocenters. The van der Waals surface area contributed by atoms with Crippen molar-refractivity contribution in [2.75, 3.05) is 0 Å². The molecule has 0 saturated carbocycles. The molecular weight excluding hydrogens is 288 g/mol. The van der Waals surface area contributed by atoms with Gasteiger partial charge in [0.25, 0.3) is 0 Å². The quantitative estimate of drug-likeness (QED) is 0.701. The number of aromatic nitrogens is 3. The maximum atomic E-state index is 14.0. The van der Waals surface area contributed by atoms with Gasteiger partial charge in [0.2, 0.25) is 0 Å². The van der Waals surface area contributed by atoms with Crippen molar-refractivity contribution in [2.45, 2.75) is 0 Å². The minimum absolute atomic E-state index is 0.00128. The van der Waals surface area contributed by atoms with Gasteiger partial charge in [-0.1, -0.05) is 11.6 Å². The van der Waals surface area contributed by atoms with Gasteiger partial charge in [-0.3, -0.25) is 4.68 Å². The van der Waals surface area contributed by atoms with Crippen LogP contribution >= 0.6 is 11.6 Å². The molecule has 0 aliphatic rings. The van der Waals surface area contributed by atoms with Gasteiger partial charge in [-0.05, 0) is 12.1 Å². The van der Waals surface area contributed by atoms with E-state index in [1.807, 2.05) is 0 Å². The van der Waals surface area contributed by atoms with Gasteiger partial charge in [-0.15, -0.1) is 0 Å². The van der Waals surface area contributed by atoms with Gasteiger partial charge < -0.3 is 5.11 Å². The summed E-state index contributed by atoms with van der Waals surface area (Å²) >= 11 is 5.81. The number of halogens is 3. The zero-order valence-corrected chi connectivity index (χ0v) is 11.0. The molecule has 0 fully saturated rings. The first-order valence-electron chi connectivity index (χ1n) is 5.64. The Morgan fingerprint density at radius 1 is 1.30 bits per heavy atom. The molecule has 2 heterocycles. The number of phenols is 1. The number of aromatic hydroxyl groups is 1. The molecule has 1 N–H and O–H groups in total. The van der Waals surface area contributed by atoms with Gasteiger partial charge >= 0.3 is 0 Å². The van der Waals surface area contributed by atoms with Crippen molar-refractivity contribution in [2.24, 2.45) is 7.05 Å². The molecule has 0 aliphatic carbocycles. The standard InChI is InChI=1S/C13H8ClF2N3O/c1-19-9-4-10(14)17-5-7(9)12(18-19)6-2-3-8(15)13(20)11(6)16/h2-5,20H,1H3. The summed E-state index contributed by atoms with van der Waals surface area (Å²) < 4.78 is 28.6. The summed E-state index contributed by atoms with van der Waals surface area (Å²) in [4.78, 5) is 3.93. The van der Waals surface area contributed by atoms with E-state index < -0.39 is 17.4 Å². The van der Waals surface area contributed by atoms with E-state index in [2.05, 4.69) is 10.1 Å². The minimum Gasteiger partial charge on any atom is -0.503 e. The molecule has 0 saturated heterocycles. The van der Waals surface area contributed by atoms with Crippen LogP contribution in [0.4, 0.5) is 8.78 Å². The van der Waals surface area contributed by atoms with Crippen molar-refractivity contribution >= 4 is 22.5 Å². The Labute approximate surface area is 117 Å². The molecule has 0 aliphatic heterocycles. The third-order valence-corrected chi connectivity index (χ3v) is 3.23. The van der Waals surface area contributed by atoms with E-state index in [9.17, 15) is 13.9 Å². The average Bonchev–Trinajstić information content (AvgIpc) is 2.73. The van der Waals surface area contributed by atoms with E-state index in [1.165, 1.54) is 16.9 Å². The van der Waals surface area contributed by atoms with Crippen LogP contribution in [0.15, 0.2) is 24.4 Å². The van der Waals surface area contributed by atoms with Crippen LogP contribution in [0.1, 0.15) is 0 Å². The topological polar surface area (TPSA) is 50.9 Å². The maximum Gasteiger partial charge on any atom is 0.188 e. The highest BCUT2D eigenvalue weighted by Crippen LogP contribution is 2.34. The maximum absolute atomic E-state index is 14.0. The summed E-state index contributed by atoms with van der Waals surface area (Å²) in [6.07, 6.45) is 1.46. The fraction of sp³-hybridized carbons (Fsp3) is 0.0769. The van der Waals surface area contributed by atoms with Crippen LogP contribution < -0.4 is 0 Å². The lowest BCUT2D eigenvalue weighted by Gasteiger charge is -2.03. The Bertz CT molecular complexity index is 832. The zero-order valence-electron chi connectivity index (χ0n) is 10.2. The second-order valence-corrected chi connectivity index (χ2v) is 4.64. The second-order valence-electron chi connectivity index (χ2n) is 4.25. The molecule has 0 atom stereocenters. The van der Waals surface area contributed by atoms with Crippen molar-refractivity contribution in [1.82, 2.24) is 14.8 Å². The lowest BCUT2D eigenvalue weighted by Crippen LogP contribution is -1.92. The number of rotatable bonds is 1. The predicted octanol–water partition coefficient (Wildman–Crippen LogP) is 3.27. The molecule has 0 spiro atoms. The van der Waals surface area contributed by atoms with Crippen LogP contribution in [0.3, 0.4) is 0 Å². The second kappa shape index (κ2) is 4.42. The summed E-state index contributed by atoms with van der Waals surface area (Å²) in [5, 5.41) is 14.4. The highest BCUT2D eigenvalue weighted by molar-refractivity contribution is 6.30. The van der Waals surface area contributed by atoms with E-state index in [-0.39, 0.29) is 16.4 Å². The van der Waals surface area contributed by atoms with Gasteiger partial charge in [0.05, 0.1) is 5.52 Å². The third kappa shape index (κ3) is 1.80. The van der Waals surface area contributed by atoms with Crippen LogP contribution in [0.25, 0.3) is 22.2 Å². The van der Waals surface area contributed by atoms with Crippen LogP contribution in [-0.4, -0.2) is 19.9 Å². The van der Waals surface area contributed by atoms with Gasteiger partial charge in [-0.2, -0.15) is 5.10 Å². The van der Waals surface area contributed by atoms with E-state index in [0.29, 0.717) is 10.9 Å². The molecular formula is C13H8ClF2N3O. The van der Waals surface area contributed by atoms with Crippen LogP contribution in [0, 0.1) is 11.6 Å². The summed E-state index contributed by atoms with van der Waals surface area (Å²) in [7, 11) is 1.67. The summed E-state index contributed by atoms with van der Waals surface area (Å²) in [5.74, 6) is -3.10. The first kappa shape index (κ1) is 12.8. The largest absolute Gasteiger partial charge is 0.503 e. The van der Waals surface area contributed by atoms with Gasteiger partial charge in [0, 0.05) is 30.3 Å². The summed E-state index contributed by atoms with van der Waals surface area (Å²) in [6.45, 7) is 0. The van der Waals surface area contributed by atoms with Crippen molar-refractivity contribution in [3.63, 3.8) is 0 Å². The number of pyridine rings is 1. The molecule has 7 heteroatoms. The highest BCUT2D eigenvalue weighted by atomic mass is 35.5. The molecule has 0 amide bonds. The summed E-state index contributed by atoms with van der Waals surface area (Å²) in [5.41, 5.74) is 0.918. The fourth-order valence-electron chi connectivity index (χ4n) is 2.05. The Balaban J connectivity index is 2.33. The molecule has 4 nitrogen and oxygen atoms in total. The number of hydrogen-bond donors (Lipinski definition) is 1. The molecule has 3 rings (SSSR count). The van der Waals surface area contributed by atoms with E-state index in [0.717, 1.165) is 6.07 Å².